The molecule has 2 aromatic heterocycles. The molecule has 1 N–H and O–H groups in total. The van der Waals surface area contributed by atoms with Gasteiger partial charge in [0.25, 0.3) is 0 Å². The minimum absolute atomic E-state index is 0.726. The maximum atomic E-state index is 4.64. The lowest BCUT2D eigenvalue weighted by Crippen LogP contribution is -2.25. The smallest absolute Gasteiger partial charge is 0.225 e. The predicted molar refractivity (Wildman–Crippen MR) is 85.1 cm³/mol. The number of hydrogen-bond donors (Lipinski definition) is 1. The van der Waals surface area contributed by atoms with Crippen LogP contribution < -0.4 is 10.2 Å². The average Bonchev–Trinajstić information content (AvgIpc) is 2.52. The molecular weight excluding hydrogens is 262 g/mol. The van der Waals surface area contributed by atoms with Crippen molar-refractivity contribution in [1.82, 2.24) is 20.3 Å². The van der Waals surface area contributed by atoms with Gasteiger partial charge in [0.1, 0.15) is 0 Å². The number of pyridine rings is 1. The van der Waals surface area contributed by atoms with Gasteiger partial charge in [-0.15, -0.1) is 0 Å². The summed E-state index contributed by atoms with van der Waals surface area (Å²) >= 11 is 0. The maximum Gasteiger partial charge on any atom is 0.225 e. The molecule has 5 nitrogen and oxygen atoms in total. The first-order valence-electron chi connectivity index (χ1n) is 7.42. The van der Waals surface area contributed by atoms with E-state index in [1.807, 2.05) is 37.5 Å². The Morgan fingerprint density at radius 3 is 2.67 bits per heavy atom. The zero-order valence-electron chi connectivity index (χ0n) is 13.0. The van der Waals surface area contributed by atoms with Crippen molar-refractivity contribution >= 4 is 5.95 Å². The molecule has 0 aliphatic rings. The molecule has 0 aliphatic carbocycles. The summed E-state index contributed by atoms with van der Waals surface area (Å²) in [6.07, 6.45) is 3.73. The molecule has 5 heteroatoms. The number of nitrogens with one attached hydrogen (secondary N) is 1. The summed E-state index contributed by atoms with van der Waals surface area (Å²) in [5.41, 5.74) is 3.20. The highest BCUT2D eigenvalue weighted by atomic mass is 15.2. The van der Waals surface area contributed by atoms with Gasteiger partial charge in [-0.2, -0.15) is 0 Å². The van der Waals surface area contributed by atoms with Crippen molar-refractivity contribution in [3.05, 3.63) is 47.5 Å². The highest BCUT2D eigenvalue weighted by Crippen LogP contribution is 2.13. The first-order chi connectivity index (χ1) is 10.2. The Balaban J connectivity index is 2.13. The Labute approximate surface area is 126 Å². The molecular formula is C16H23N5. The minimum Gasteiger partial charge on any atom is -0.335 e. The molecule has 0 atom stereocenters. The standard InChI is InChI=1S/C16H23N5/c1-4-17-10-14-11-19-16(20-13(14)3)21(5-2)12-15-8-6-7-9-18-15/h6-9,11,17H,4-5,10,12H2,1-3H3. The summed E-state index contributed by atoms with van der Waals surface area (Å²) in [6, 6.07) is 5.95. The van der Waals surface area contributed by atoms with E-state index in [0.717, 1.165) is 49.1 Å². The molecule has 0 aromatic carbocycles. The summed E-state index contributed by atoms with van der Waals surface area (Å²) in [5, 5.41) is 3.30. The molecule has 0 saturated carbocycles. The van der Waals surface area contributed by atoms with Crippen LogP contribution in [0, 0.1) is 6.92 Å². The van der Waals surface area contributed by atoms with E-state index in [2.05, 4.69) is 39.0 Å². The van der Waals surface area contributed by atoms with E-state index in [1.54, 1.807) is 0 Å². The topological polar surface area (TPSA) is 53.9 Å². The van der Waals surface area contributed by atoms with Gasteiger partial charge in [-0.3, -0.25) is 4.98 Å². The van der Waals surface area contributed by atoms with Crippen LogP contribution in [-0.4, -0.2) is 28.0 Å². The van der Waals surface area contributed by atoms with Crippen LogP contribution in [0.4, 0.5) is 5.95 Å². The molecule has 2 heterocycles. The molecule has 2 aromatic rings. The lowest BCUT2D eigenvalue weighted by Gasteiger charge is -2.21. The van der Waals surface area contributed by atoms with Crippen LogP contribution in [0.2, 0.25) is 0 Å². The van der Waals surface area contributed by atoms with Gasteiger partial charge >= 0.3 is 0 Å². The number of hydrogen-bond acceptors (Lipinski definition) is 5. The number of nitrogens with zero attached hydrogens (tertiary/aromatic N) is 4. The van der Waals surface area contributed by atoms with Crippen LogP contribution in [0.1, 0.15) is 30.8 Å². The van der Waals surface area contributed by atoms with Crippen LogP contribution in [-0.2, 0) is 13.1 Å². The van der Waals surface area contributed by atoms with Crippen LogP contribution in [0.25, 0.3) is 0 Å². The van der Waals surface area contributed by atoms with Gasteiger partial charge in [-0.25, -0.2) is 9.97 Å². The van der Waals surface area contributed by atoms with Crippen molar-refractivity contribution in [2.45, 2.75) is 33.9 Å². The van der Waals surface area contributed by atoms with Crippen LogP contribution in [0.3, 0.4) is 0 Å². The van der Waals surface area contributed by atoms with Gasteiger partial charge in [0.05, 0.1) is 12.2 Å². The zero-order chi connectivity index (χ0) is 15.1. The van der Waals surface area contributed by atoms with Crippen molar-refractivity contribution in [3.8, 4) is 0 Å². The Hall–Kier alpha value is -2.01. The summed E-state index contributed by atoms with van der Waals surface area (Å²) in [7, 11) is 0. The highest BCUT2D eigenvalue weighted by molar-refractivity contribution is 5.33. The summed E-state index contributed by atoms with van der Waals surface area (Å²) in [4.78, 5) is 15.6. The second-order valence-electron chi connectivity index (χ2n) is 4.90. The maximum absolute atomic E-state index is 4.64. The average molecular weight is 285 g/mol. The van der Waals surface area contributed by atoms with Crippen LogP contribution >= 0.6 is 0 Å². The number of rotatable bonds is 7. The molecule has 21 heavy (non-hydrogen) atoms. The summed E-state index contributed by atoms with van der Waals surface area (Å²) < 4.78 is 0. The Bertz CT molecular complexity index is 556. The molecule has 0 unspecified atom stereocenters. The highest BCUT2D eigenvalue weighted by Gasteiger charge is 2.11. The van der Waals surface area contributed by atoms with E-state index in [9.17, 15) is 0 Å². The Kier molecular flexibility index (Phi) is 5.63. The Morgan fingerprint density at radius 2 is 2.05 bits per heavy atom. The minimum atomic E-state index is 0.726. The normalized spacial score (nSPS) is 10.6. The van der Waals surface area contributed by atoms with E-state index in [0.29, 0.717) is 0 Å². The van der Waals surface area contributed by atoms with E-state index in [-0.39, 0.29) is 0 Å². The summed E-state index contributed by atoms with van der Waals surface area (Å²) in [5.74, 6) is 0.765. The number of aryl methyl sites for hydroxylation is 1. The molecule has 112 valence electrons. The third-order valence-corrected chi connectivity index (χ3v) is 3.38. The van der Waals surface area contributed by atoms with Crippen molar-refractivity contribution < 1.29 is 0 Å². The fourth-order valence-corrected chi connectivity index (χ4v) is 2.08. The second-order valence-corrected chi connectivity index (χ2v) is 4.90. The van der Waals surface area contributed by atoms with E-state index in [4.69, 9.17) is 0 Å². The van der Waals surface area contributed by atoms with Crippen molar-refractivity contribution in [2.75, 3.05) is 18.0 Å². The monoisotopic (exact) mass is 285 g/mol. The predicted octanol–water partition coefficient (Wildman–Crippen LogP) is 2.32. The van der Waals surface area contributed by atoms with Crippen LogP contribution in [0.5, 0.6) is 0 Å². The van der Waals surface area contributed by atoms with Gasteiger partial charge in [0.15, 0.2) is 0 Å². The van der Waals surface area contributed by atoms with Crippen LogP contribution in [0.15, 0.2) is 30.6 Å². The molecule has 0 aliphatic heterocycles. The molecule has 0 bridgehead atoms. The van der Waals surface area contributed by atoms with Crippen molar-refractivity contribution in [1.29, 1.82) is 0 Å². The lowest BCUT2D eigenvalue weighted by atomic mass is 10.2. The third kappa shape index (κ3) is 4.23. The van der Waals surface area contributed by atoms with Gasteiger partial charge in [-0.05, 0) is 32.5 Å². The van der Waals surface area contributed by atoms with E-state index >= 15 is 0 Å². The third-order valence-electron chi connectivity index (χ3n) is 3.38. The van der Waals surface area contributed by atoms with Gasteiger partial charge in [0.2, 0.25) is 5.95 Å². The SMILES string of the molecule is CCNCc1cnc(N(CC)Cc2ccccn2)nc1C. The molecule has 2 rings (SSSR count). The second kappa shape index (κ2) is 7.69. The number of anilines is 1. The fraction of sp³-hybridized carbons (Fsp3) is 0.438. The van der Waals surface area contributed by atoms with Crippen molar-refractivity contribution in [3.63, 3.8) is 0 Å². The lowest BCUT2D eigenvalue weighted by molar-refractivity contribution is 0.709. The fourth-order valence-electron chi connectivity index (χ4n) is 2.08. The molecule has 0 spiro atoms. The number of aromatic nitrogens is 3. The molecule has 0 amide bonds. The van der Waals surface area contributed by atoms with Crippen molar-refractivity contribution in [2.24, 2.45) is 0 Å². The van der Waals surface area contributed by atoms with E-state index in [1.165, 1.54) is 0 Å². The quantitative estimate of drug-likeness (QED) is 0.846. The first kappa shape index (κ1) is 15.4. The van der Waals surface area contributed by atoms with Gasteiger partial charge in [0, 0.05) is 36.7 Å². The van der Waals surface area contributed by atoms with Gasteiger partial charge < -0.3 is 10.2 Å². The van der Waals surface area contributed by atoms with Gasteiger partial charge in [-0.1, -0.05) is 13.0 Å². The zero-order valence-corrected chi connectivity index (χ0v) is 13.0. The Morgan fingerprint density at radius 1 is 1.19 bits per heavy atom. The van der Waals surface area contributed by atoms with E-state index < -0.39 is 0 Å². The molecule has 0 saturated heterocycles. The summed E-state index contributed by atoms with van der Waals surface area (Å²) in [6.45, 7) is 9.57. The molecule has 0 fully saturated rings. The largest absolute Gasteiger partial charge is 0.335 e. The molecule has 0 radical (unpaired) electrons. The first-order valence-corrected chi connectivity index (χ1v) is 7.42.